The smallest absolute Gasteiger partial charge is 0.0703 e. The number of aliphatic hydroxyl groups is 1. The average molecular weight is 154 g/mol. The van der Waals surface area contributed by atoms with Gasteiger partial charge in [-0.05, 0) is 32.1 Å². The van der Waals surface area contributed by atoms with E-state index in [1.54, 1.807) is 0 Å². The number of ether oxygens (including phenoxy) is 1. The van der Waals surface area contributed by atoms with Gasteiger partial charge in [-0.2, -0.15) is 0 Å². The van der Waals surface area contributed by atoms with Crippen molar-refractivity contribution in [2.45, 2.75) is 49.9 Å². The van der Waals surface area contributed by atoms with Crippen LogP contribution < -0.4 is 0 Å². The van der Waals surface area contributed by atoms with Crippen molar-refractivity contribution < 1.29 is 9.84 Å². The van der Waals surface area contributed by atoms with Gasteiger partial charge in [0, 0.05) is 5.92 Å². The molecule has 1 saturated carbocycles. The second kappa shape index (κ2) is 1.80. The summed E-state index contributed by atoms with van der Waals surface area (Å²) in [6.45, 7) is 0. The molecule has 2 heterocycles. The van der Waals surface area contributed by atoms with Crippen LogP contribution in [0.2, 0.25) is 0 Å². The van der Waals surface area contributed by atoms with Crippen molar-refractivity contribution in [3.8, 4) is 0 Å². The van der Waals surface area contributed by atoms with Gasteiger partial charge in [-0.25, -0.2) is 0 Å². The first-order valence-corrected chi connectivity index (χ1v) is 4.66. The molecule has 3 rings (SSSR count). The van der Waals surface area contributed by atoms with Crippen molar-refractivity contribution in [1.82, 2.24) is 0 Å². The average Bonchev–Trinajstić information content (AvgIpc) is 2.52. The lowest BCUT2D eigenvalue weighted by molar-refractivity contribution is 0.0277. The maximum atomic E-state index is 9.87. The van der Waals surface area contributed by atoms with E-state index < -0.39 is 0 Å². The normalized spacial score (nSPS) is 51.5. The van der Waals surface area contributed by atoms with Crippen LogP contribution in [-0.2, 0) is 4.74 Å². The summed E-state index contributed by atoms with van der Waals surface area (Å²) in [5, 5.41) is 9.87. The summed E-state index contributed by atoms with van der Waals surface area (Å²) in [6, 6.07) is 0. The molecule has 62 valence electrons. The van der Waals surface area contributed by atoms with Crippen molar-refractivity contribution in [3.63, 3.8) is 0 Å². The maximum absolute atomic E-state index is 9.87. The first-order chi connectivity index (χ1) is 5.28. The van der Waals surface area contributed by atoms with E-state index in [2.05, 4.69) is 0 Å². The fourth-order valence-electron chi connectivity index (χ4n) is 2.70. The fraction of sp³-hybridized carbons (Fsp3) is 1.00. The quantitative estimate of drug-likeness (QED) is 0.612. The predicted octanol–water partition coefficient (Wildman–Crippen LogP) is 1.08. The molecule has 3 aliphatic rings. The third kappa shape index (κ3) is 0.798. The first-order valence-electron chi connectivity index (χ1n) is 4.66. The Morgan fingerprint density at radius 3 is 2.55 bits per heavy atom. The Hall–Kier alpha value is -0.0800. The van der Waals surface area contributed by atoms with Crippen molar-refractivity contribution in [3.05, 3.63) is 0 Å². The molecule has 3 fully saturated rings. The molecule has 0 aromatic rings. The van der Waals surface area contributed by atoms with E-state index in [1.165, 1.54) is 12.8 Å². The molecule has 3 unspecified atom stereocenters. The van der Waals surface area contributed by atoms with Crippen molar-refractivity contribution >= 4 is 0 Å². The zero-order chi connectivity index (χ0) is 7.47. The van der Waals surface area contributed by atoms with Crippen LogP contribution in [0.25, 0.3) is 0 Å². The Bertz CT molecular complexity index is 186. The van der Waals surface area contributed by atoms with Gasteiger partial charge in [0.15, 0.2) is 0 Å². The van der Waals surface area contributed by atoms with Crippen LogP contribution in [0.4, 0.5) is 0 Å². The molecular formula is C9H14O2. The van der Waals surface area contributed by atoms with E-state index in [0.29, 0.717) is 18.1 Å². The van der Waals surface area contributed by atoms with Crippen LogP contribution in [-0.4, -0.2) is 22.9 Å². The van der Waals surface area contributed by atoms with Crippen LogP contribution in [0.1, 0.15) is 32.1 Å². The molecule has 0 aromatic carbocycles. The summed E-state index contributed by atoms with van der Waals surface area (Å²) in [5.74, 6) is 0.487. The minimum absolute atomic E-state index is 0.292. The molecule has 0 amide bonds. The molecule has 1 N–H and O–H groups in total. The Labute approximate surface area is 66.5 Å². The minimum atomic E-state index is -0.292. The Balaban J connectivity index is 1.81. The maximum Gasteiger partial charge on any atom is 0.0703 e. The molecule has 11 heavy (non-hydrogen) atoms. The Kier molecular flexibility index (Phi) is 1.06. The SMILES string of the molecule is OC1(C2CC3CCC2O3)CC1. The summed E-state index contributed by atoms with van der Waals surface area (Å²) >= 11 is 0. The van der Waals surface area contributed by atoms with E-state index in [0.717, 1.165) is 19.3 Å². The van der Waals surface area contributed by atoms with E-state index in [9.17, 15) is 5.11 Å². The van der Waals surface area contributed by atoms with Gasteiger partial charge in [0.1, 0.15) is 0 Å². The number of fused-ring (bicyclic) bond motifs is 2. The second-order valence-electron chi connectivity index (χ2n) is 4.32. The Morgan fingerprint density at radius 1 is 1.27 bits per heavy atom. The van der Waals surface area contributed by atoms with E-state index in [1.807, 2.05) is 0 Å². The molecule has 0 spiro atoms. The van der Waals surface area contributed by atoms with Gasteiger partial charge >= 0.3 is 0 Å². The van der Waals surface area contributed by atoms with Crippen molar-refractivity contribution in [2.75, 3.05) is 0 Å². The highest BCUT2D eigenvalue weighted by molar-refractivity contribution is 5.07. The Morgan fingerprint density at radius 2 is 2.09 bits per heavy atom. The fourth-order valence-corrected chi connectivity index (χ4v) is 2.70. The molecule has 2 aliphatic heterocycles. The minimum Gasteiger partial charge on any atom is -0.389 e. The second-order valence-corrected chi connectivity index (χ2v) is 4.32. The lowest BCUT2D eigenvalue weighted by Crippen LogP contribution is -2.30. The molecular weight excluding hydrogens is 140 g/mol. The molecule has 0 aromatic heterocycles. The molecule has 1 aliphatic carbocycles. The molecule has 0 radical (unpaired) electrons. The van der Waals surface area contributed by atoms with Crippen molar-refractivity contribution in [2.24, 2.45) is 5.92 Å². The summed E-state index contributed by atoms with van der Waals surface area (Å²) < 4.78 is 5.69. The number of hydrogen-bond donors (Lipinski definition) is 1. The summed E-state index contributed by atoms with van der Waals surface area (Å²) in [4.78, 5) is 0. The van der Waals surface area contributed by atoms with E-state index in [4.69, 9.17) is 4.74 Å². The highest BCUT2D eigenvalue weighted by atomic mass is 16.5. The van der Waals surface area contributed by atoms with Gasteiger partial charge in [0.2, 0.25) is 0 Å². The lowest BCUT2D eigenvalue weighted by Gasteiger charge is -2.23. The molecule has 2 heteroatoms. The predicted molar refractivity (Wildman–Crippen MR) is 40.2 cm³/mol. The topological polar surface area (TPSA) is 29.5 Å². The van der Waals surface area contributed by atoms with Gasteiger partial charge in [-0.1, -0.05) is 0 Å². The molecule has 2 nitrogen and oxygen atoms in total. The number of rotatable bonds is 1. The summed E-state index contributed by atoms with van der Waals surface area (Å²) in [6.07, 6.45) is 6.49. The highest BCUT2D eigenvalue weighted by Gasteiger charge is 2.56. The summed E-state index contributed by atoms with van der Waals surface area (Å²) in [5.41, 5.74) is -0.292. The van der Waals surface area contributed by atoms with Gasteiger partial charge < -0.3 is 9.84 Å². The van der Waals surface area contributed by atoms with Crippen LogP contribution in [0.3, 0.4) is 0 Å². The molecule has 2 saturated heterocycles. The van der Waals surface area contributed by atoms with Gasteiger partial charge in [-0.15, -0.1) is 0 Å². The van der Waals surface area contributed by atoms with Crippen LogP contribution >= 0.6 is 0 Å². The van der Waals surface area contributed by atoms with E-state index >= 15 is 0 Å². The van der Waals surface area contributed by atoms with Crippen LogP contribution in [0.5, 0.6) is 0 Å². The number of hydrogen-bond acceptors (Lipinski definition) is 2. The first kappa shape index (κ1) is 6.44. The zero-order valence-corrected chi connectivity index (χ0v) is 6.62. The highest BCUT2D eigenvalue weighted by Crippen LogP contribution is 2.53. The summed E-state index contributed by atoms with van der Waals surface area (Å²) in [7, 11) is 0. The van der Waals surface area contributed by atoms with Crippen LogP contribution in [0, 0.1) is 5.92 Å². The van der Waals surface area contributed by atoms with E-state index in [-0.39, 0.29) is 5.60 Å². The zero-order valence-electron chi connectivity index (χ0n) is 6.62. The largest absolute Gasteiger partial charge is 0.389 e. The standard InChI is InChI=1S/C9H14O2/c10-9(3-4-9)7-5-6-1-2-8(7)11-6/h6-8,10H,1-5H2. The van der Waals surface area contributed by atoms with Gasteiger partial charge in [-0.3, -0.25) is 0 Å². The van der Waals surface area contributed by atoms with Gasteiger partial charge in [0.05, 0.1) is 17.8 Å². The van der Waals surface area contributed by atoms with Gasteiger partial charge in [0.25, 0.3) is 0 Å². The monoisotopic (exact) mass is 154 g/mol. The molecule has 2 bridgehead atoms. The lowest BCUT2D eigenvalue weighted by atomic mass is 9.84. The van der Waals surface area contributed by atoms with Crippen LogP contribution in [0.15, 0.2) is 0 Å². The van der Waals surface area contributed by atoms with Crippen molar-refractivity contribution in [1.29, 1.82) is 0 Å². The third-order valence-corrected chi connectivity index (χ3v) is 3.56. The third-order valence-electron chi connectivity index (χ3n) is 3.56. The molecule has 3 atom stereocenters.